The lowest BCUT2D eigenvalue weighted by Crippen LogP contribution is -2.19. The molecule has 3 rings (SSSR count). The molecule has 1 heterocycles. The van der Waals surface area contributed by atoms with Crippen LogP contribution in [-0.4, -0.2) is 20.0 Å². The molecule has 1 amide bonds. The second-order valence-corrected chi connectivity index (χ2v) is 6.40. The number of carbonyl (C=O) groups is 1. The van der Waals surface area contributed by atoms with Crippen molar-refractivity contribution in [2.24, 2.45) is 14.1 Å². The number of hydrogen-bond donors (Lipinski definition) is 1. The third-order valence-electron chi connectivity index (χ3n) is 3.92. The number of nitrogens with one attached hydrogen (secondary N) is 1. The van der Waals surface area contributed by atoms with Crippen LogP contribution >= 0.6 is 15.9 Å². The molecule has 0 atom stereocenters. The molecule has 128 valence electrons. The Kier molecular flexibility index (Phi) is 4.17. The van der Waals surface area contributed by atoms with Crippen molar-refractivity contribution in [3.05, 3.63) is 67.0 Å². The Labute approximate surface area is 150 Å². The highest BCUT2D eigenvalue weighted by molar-refractivity contribution is 9.10. The predicted octanol–water partition coefficient (Wildman–Crippen LogP) is 2.80. The van der Waals surface area contributed by atoms with Gasteiger partial charge in [-0.1, -0.05) is 22.0 Å². The van der Waals surface area contributed by atoms with Gasteiger partial charge >= 0.3 is 5.69 Å². The number of nitrogens with zero attached hydrogens (tertiary/aromatic N) is 3. The van der Waals surface area contributed by atoms with Crippen LogP contribution < -0.4 is 11.0 Å². The van der Waals surface area contributed by atoms with Crippen molar-refractivity contribution in [2.45, 2.75) is 0 Å². The van der Waals surface area contributed by atoms with E-state index < -0.39 is 10.8 Å². The van der Waals surface area contributed by atoms with Gasteiger partial charge in [0, 0.05) is 30.2 Å². The van der Waals surface area contributed by atoms with E-state index in [2.05, 4.69) is 21.2 Å². The van der Waals surface area contributed by atoms with E-state index in [1.807, 2.05) is 0 Å². The Balaban J connectivity index is 2.13. The fraction of sp³-hybridized carbons (Fsp3) is 0.125. The van der Waals surface area contributed by atoms with E-state index in [0.717, 1.165) is 4.47 Å². The van der Waals surface area contributed by atoms with E-state index in [-0.39, 0.29) is 17.1 Å². The minimum atomic E-state index is -0.590. The third kappa shape index (κ3) is 2.93. The Hall–Kier alpha value is -2.94. The van der Waals surface area contributed by atoms with Crippen LogP contribution in [0.3, 0.4) is 0 Å². The summed E-state index contributed by atoms with van der Waals surface area (Å²) in [4.78, 5) is 35.2. The zero-order chi connectivity index (χ0) is 18.3. The number of amides is 1. The van der Waals surface area contributed by atoms with Crippen molar-refractivity contribution in [3.63, 3.8) is 0 Å². The van der Waals surface area contributed by atoms with Crippen LogP contribution in [0.1, 0.15) is 10.4 Å². The number of nitro groups is 1. The van der Waals surface area contributed by atoms with Crippen molar-refractivity contribution in [2.75, 3.05) is 5.32 Å². The summed E-state index contributed by atoms with van der Waals surface area (Å²) < 4.78 is 3.41. The van der Waals surface area contributed by atoms with Crippen molar-refractivity contribution >= 4 is 44.2 Å². The first kappa shape index (κ1) is 16.9. The molecule has 0 spiro atoms. The van der Waals surface area contributed by atoms with E-state index in [4.69, 9.17) is 0 Å². The van der Waals surface area contributed by atoms with Gasteiger partial charge < -0.3 is 5.32 Å². The summed E-state index contributed by atoms with van der Waals surface area (Å²) in [6.45, 7) is 0. The van der Waals surface area contributed by atoms with Crippen molar-refractivity contribution < 1.29 is 9.72 Å². The number of anilines is 1. The van der Waals surface area contributed by atoms with E-state index >= 15 is 0 Å². The molecule has 0 unspecified atom stereocenters. The van der Waals surface area contributed by atoms with E-state index in [0.29, 0.717) is 16.6 Å². The van der Waals surface area contributed by atoms with E-state index in [1.54, 1.807) is 31.3 Å². The molecule has 0 saturated carbocycles. The molecule has 9 heteroatoms. The summed E-state index contributed by atoms with van der Waals surface area (Å²) in [5, 5.41) is 14.0. The molecule has 0 aliphatic carbocycles. The van der Waals surface area contributed by atoms with Crippen LogP contribution in [0.15, 0.2) is 45.7 Å². The standard InChI is InChI=1S/C16H13BrN4O4/c1-19-13-7-11(18-15(22)9-4-3-5-10(17)6-9)12(21(24)25)8-14(13)20(2)16(19)23/h3-8H,1-2H3,(H,18,22). The highest BCUT2D eigenvalue weighted by atomic mass is 79.9. The smallest absolute Gasteiger partial charge is 0.316 e. The maximum Gasteiger partial charge on any atom is 0.328 e. The summed E-state index contributed by atoms with van der Waals surface area (Å²) in [7, 11) is 3.10. The number of fused-ring (bicyclic) bond motifs is 1. The summed E-state index contributed by atoms with van der Waals surface area (Å²) >= 11 is 3.28. The number of benzene rings is 2. The van der Waals surface area contributed by atoms with Crippen molar-refractivity contribution in [1.82, 2.24) is 9.13 Å². The van der Waals surface area contributed by atoms with Crippen LogP contribution in [-0.2, 0) is 14.1 Å². The molecule has 1 N–H and O–H groups in total. The van der Waals surface area contributed by atoms with Gasteiger partial charge in [-0.3, -0.25) is 24.0 Å². The highest BCUT2D eigenvalue weighted by Gasteiger charge is 2.21. The van der Waals surface area contributed by atoms with Crippen molar-refractivity contribution in [1.29, 1.82) is 0 Å². The minimum absolute atomic E-state index is 0.0312. The molecular formula is C16H13BrN4O4. The fourth-order valence-electron chi connectivity index (χ4n) is 2.61. The summed E-state index contributed by atoms with van der Waals surface area (Å²) in [6, 6.07) is 9.39. The molecule has 25 heavy (non-hydrogen) atoms. The van der Waals surface area contributed by atoms with Crippen LogP contribution in [0.2, 0.25) is 0 Å². The van der Waals surface area contributed by atoms with Gasteiger partial charge in [0.05, 0.1) is 16.0 Å². The van der Waals surface area contributed by atoms with Gasteiger partial charge in [-0.2, -0.15) is 0 Å². The molecule has 2 aromatic carbocycles. The number of nitro benzene ring substituents is 1. The van der Waals surface area contributed by atoms with Gasteiger partial charge in [0.15, 0.2) is 0 Å². The molecule has 0 saturated heterocycles. The topological polar surface area (TPSA) is 99.2 Å². The number of aromatic nitrogens is 2. The lowest BCUT2D eigenvalue weighted by molar-refractivity contribution is -0.383. The zero-order valence-electron chi connectivity index (χ0n) is 13.3. The van der Waals surface area contributed by atoms with Crippen LogP contribution in [0, 0.1) is 10.1 Å². The molecule has 0 bridgehead atoms. The molecular weight excluding hydrogens is 392 g/mol. The molecule has 0 aliphatic heterocycles. The Morgan fingerprint density at radius 1 is 1.16 bits per heavy atom. The number of hydrogen-bond acceptors (Lipinski definition) is 4. The normalized spacial score (nSPS) is 10.8. The van der Waals surface area contributed by atoms with Gasteiger partial charge in [-0.05, 0) is 24.3 Å². The van der Waals surface area contributed by atoms with Crippen LogP contribution in [0.5, 0.6) is 0 Å². The monoisotopic (exact) mass is 404 g/mol. The Morgan fingerprint density at radius 3 is 2.40 bits per heavy atom. The molecule has 0 aliphatic rings. The van der Waals surface area contributed by atoms with Gasteiger partial charge in [0.25, 0.3) is 11.6 Å². The van der Waals surface area contributed by atoms with E-state index in [1.165, 1.54) is 28.3 Å². The predicted molar refractivity (Wildman–Crippen MR) is 96.9 cm³/mol. The van der Waals surface area contributed by atoms with Crippen LogP contribution in [0.25, 0.3) is 11.0 Å². The van der Waals surface area contributed by atoms with Gasteiger partial charge in [-0.15, -0.1) is 0 Å². The SMILES string of the molecule is Cn1c(=O)n(C)c2cc([N+](=O)[O-])c(NC(=O)c3cccc(Br)c3)cc21. The lowest BCUT2D eigenvalue weighted by Gasteiger charge is -2.07. The number of imidazole rings is 1. The molecule has 0 fully saturated rings. The van der Waals surface area contributed by atoms with E-state index in [9.17, 15) is 19.7 Å². The maximum atomic E-state index is 12.4. The summed E-state index contributed by atoms with van der Waals surface area (Å²) in [6.07, 6.45) is 0. The zero-order valence-corrected chi connectivity index (χ0v) is 14.9. The molecule has 3 aromatic rings. The Morgan fingerprint density at radius 2 is 1.80 bits per heavy atom. The second-order valence-electron chi connectivity index (χ2n) is 5.48. The third-order valence-corrected chi connectivity index (χ3v) is 4.41. The van der Waals surface area contributed by atoms with Crippen molar-refractivity contribution in [3.8, 4) is 0 Å². The maximum absolute atomic E-state index is 12.4. The average Bonchev–Trinajstić information content (AvgIpc) is 2.78. The highest BCUT2D eigenvalue weighted by Crippen LogP contribution is 2.30. The molecule has 0 radical (unpaired) electrons. The fourth-order valence-corrected chi connectivity index (χ4v) is 3.01. The Bertz CT molecular complexity index is 1080. The van der Waals surface area contributed by atoms with Crippen LogP contribution in [0.4, 0.5) is 11.4 Å². The molecule has 1 aromatic heterocycles. The number of aryl methyl sites for hydroxylation is 2. The minimum Gasteiger partial charge on any atom is -0.316 e. The van der Waals surface area contributed by atoms with Gasteiger partial charge in [0.2, 0.25) is 0 Å². The average molecular weight is 405 g/mol. The number of halogens is 1. The number of carbonyl (C=O) groups excluding carboxylic acids is 1. The van der Waals surface area contributed by atoms with Gasteiger partial charge in [0.1, 0.15) is 5.69 Å². The first-order valence-electron chi connectivity index (χ1n) is 7.20. The first-order valence-corrected chi connectivity index (χ1v) is 7.99. The quantitative estimate of drug-likeness (QED) is 0.535. The second kappa shape index (κ2) is 6.17. The lowest BCUT2D eigenvalue weighted by atomic mass is 10.2. The largest absolute Gasteiger partial charge is 0.328 e. The first-order chi connectivity index (χ1) is 11.8. The summed E-state index contributed by atoms with van der Waals surface area (Å²) in [5.41, 5.74) is 0.702. The summed E-state index contributed by atoms with van der Waals surface area (Å²) in [5.74, 6) is -0.482. The molecule has 8 nitrogen and oxygen atoms in total. The van der Waals surface area contributed by atoms with Gasteiger partial charge in [-0.25, -0.2) is 4.79 Å². The number of rotatable bonds is 3.